The third-order valence-corrected chi connectivity index (χ3v) is 3.93. The number of carbonyl (C=O) groups is 1. The molecule has 2 aromatic rings. The van der Waals surface area contributed by atoms with Crippen molar-refractivity contribution in [2.24, 2.45) is 0 Å². The maximum absolute atomic E-state index is 11.6. The Labute approximate surface area is 143 Å². The third-order valence-electron chi connectivity index (χ3n) is 3.93. The summed E-state index contributed by atoms with van der Waals surface area (Å²) in [7, 11) is 1.38. The van der Waals surface area contributed by atoms with Crippen LogP contribution in [0, 0.1) is 0 Å². The minimum Gasteiger partial charge on any atom is -0.491 e. The number of hydrogen-bond donors (Lipinski definition) is 0. The van der Waals surface area contributed by atoms with E-state index in [-0.39, 0.29) is 25.5 Å². The summed E-state index contributed by atoms with van der Waals surface area (Å²) in [6.45, 7) is 3.47. The highest BCUT2D eigenvalue weighted by Crippen LogP contribution is 2.29. The molecule has 0 N–H and O–H groups in total. The summed E-state index contributed by atoms with van der Waals surface area (Å²) in [6.07, 6.45) is 0. The summed E-state index contributed by atoms with van der Waals surface area (Å²) in [5.41, 5.74) is 2.76. The van der Waals surface area contributed by atoms with E-state index in [1.54, 1.807) is 12.1 Å². The van der Waals surface area contributed by atoms with Crippen LogP contribution in [0.2, 0.25) is 0 Å². The Kier molecular flexibility index (Phi) is 5.55. The predicted molar refractivity (Wildman–Crippen MR) is 95.7 cm³/mol. The molecule has 0 saturated heterocycles. The van der Waals surface area contributed by atoms with Gasteiger partial charge in [-0.05, 0) is 31.2 Å². The van der Waals surface area contributed by atoms with Gasteiger partial charge in [-0.15, -0.1) is 0 Å². The average molecular weight is 331 g/mol. The van der Waals surface area contributed by atoms with Crippen LogP contribution in [-0.2, 0) is 11.3 Å². The van der Waals surface area contributed by atoms with Crippen LogP contribution < -0.4 is 9.64 Å². The van der Waals surface area contributed by atoms with Gasteiger partial charge in [0.2, 0.25) is 0 Å². The molecule has 3 rings (SSSR count). The molecule has 1 aliphatic rings. The fourth-order valence-electron chi connectivity index (χ4n) is 2.67. The molecule has 0 bridgehead atoms. The molecule has 0 aliphatic carbocycles. The van der Waals surface area contributed by atoms with Crippen molar-refractivity contribution in [2.75, 3.05) is 18.6 Å². The summed E-state index contributed by atoms with van der Waals surface area (Å²) >= 11 is 0. The number of methoxy groups -OCH3 is 1. The Hall–Kier alpha value is -2.14. The number of esters is 1. The van der Waals surface area contributed by atoms with Gasteiger partial charge in [0.15, 0.2) is 0 Å². The lowest BCUT2D eigenvalue weighted by atomic mass is 10.1. The van der Waals surface area contributed by atoms with Gasteiger partial charge < -0.3 is 14.4 Å². The molecular formula is C18H21NO3S. The maximum atomic E-state index is 11.6. The molecule has 4 nitrogen and oxygen atoms in total. The quantitative estimate of drug-likeness (QED) is 0.791. The fraction of sp³-hybridized carbons (Fsp3) is 0.278. The largest absolute Gasteiger partial charge is 0.491 e. The lowest BCUT2D eigenvalue weighted by Gasteiger charge is -2.28. The number of ether oxygens (including phenoxy) is 2. The van der Waals surface area contributed by atoms with Crippen molar-refractivity contribution >= 4 is 25.2 Å². The highest BCUT2D eigenvalue weighted by molar-refractivity contribution is 7.59. The molecule has 1 aliphatic heterocycles. The average Bonchev–Trinajstić information content (AvgIpc) is 2.74. The van der Waals surface area contributed by atoms with Gasteiger partial charge in [0.05, 0.1) is 18.7 Å². The van der Waals surface area contributed by atoms with E-state index >= 15 is 0 Å². The summed E-state index contributed by atoms with van der Waals surface area (Å²) in [5.74, 6) is 0.414. The Morgan fingerprint density at radius 1 is 1.22 bits per heavy atom. The summed E-state index contributed by atoms with van der Waals surface area (Å²) in [4.78, 5) is 14.0. The van der Waals surface area contributed by atoms with Gasteiger partial charge in [-0.3, -0.25) is 0 Å². The normalized spacial score (nSPS) is 16.4. The van der Waals surface area contributed by atoms with Gasteiger partial charge in [-0.1, -0.05) is 24.3 Å². The Morgan fingerprint density at radius 3 is 2.65 bits per heavy atom. The number of anilines is 1. The van der Waals surface area contributed by atoms with E-state index in [9.17, 15) is 4.79 Å². The van der Waals surface area contributed by atoms with Crippen LogP contribution in [-0.4, -0.2) is 25.7 Å². The second-order valence-electron chi connectivity index (χ2n) is 5.44. The molecule has 122 valence electrons. The minimum atomic E-state index is -0.344. The molecule has 0 aromatic heterocycles. The van der Waals surface area contributed by atoms with E-state index in [0.29, 0.717) is 12.2 Å². The summed E-state index contributed by atoms with van der Waals surface area (Å²) < 4.78 is 10.7. The molecule has 2 aromatic carbocycles. The van der Waals surface area contributed by atoms with Gasteiger partial charge in [-0.25, -0.2) is 4.79 Å². The molecule has 0 radical (unpaired) electrons. The summed E-state index contributed by atoms with van der Waals surface area (Å²) in [6, 6.07) is 16.0. The first-order valence-corrected chi connectivity index (χ1v) is 7.35. The van der Waals surface area contributed by atoms with Crippen LogP contribution >= 0.6 is 13.5 Å². The molecule has 1 atom stereocenters. The van der Waals surface area contributed by atoms with Crippen molar-refractivity contribution in [1.29, 1.82) is 0 Å². The van der Waals surface area contributed by atoms with Gasteiger partial charge in [-0.2, -0.15) is 13.5 Å². The zero-order valence-electron chi connectivity index (χ0n) is 13.3. The monoisotopic (exact) mass is 331 g/mol. The first-order valence-electron chi connectivity index (χ1n) is 7.35. The Morgan fingerprint density at radius 2 is 1.96 bits per heavy atom. The van der Waals surface area contributed by atoms with E-state index in [0.717, 1.165) is 17.9 Å². The van der Waals surface area contributed by atoms with E-state index in [1.807, 2.05) is 24.3 Å². The van der Waals surface area contributed by atoms with Crippen molar-refractivity contribution in [3.05, 3.63) is 59.7 Å². The highest BCUT2D eigenvalue weighted by Gasteiger charge is 2.22. The van der Waals surface area contributed by atoms with E-state index < -0.39 is 0 Å². The number of nitrogens with zero attached hydrogens (tertiary/aromatic N) is 1. The van der Waals surface area contributed by atoms with Crippen molar-refractivity contribution < 1.29 is 14.3 Å². The smallest absolute Gasteiger partial charge is 0.337 e. The van der Waals surface area contributed by atoms with Crippen LogP contribution in [0.5, 0.6) is 5.75 Å². The SMILES string of the molecule is COC(=O)c1ccc2c(c1)OC[C@H](C)N(c1ccccc1)C2.S. The number of benzene rings is 2. The first kappa shape index (κ1) is 17.2. The zero-order chi connectivity index (χ0) is 15.5. The van der Waals surface area contributed by atoms with E-state index in [4.69, 9.17) is 9.47 Å². The molecule has 5 heteroatoms. The molecule has 23 heavy (non-hydrogen) atoms. The number of rotatable bonds is 2. The van der Waals surface area contributed by atoms with Crippen molar-refractivity contribution in [3.63, 3.8) is 0 Å². The highest BCUT2D eigenvalue weighted by atomic mass is 32.1. The molecular weight excluding hydrogens is 310 g/mol. The molecule has 0 spiro atoms. The number of carbonyl (C=O) groups excluding carboxylic acids is 1. The molecule has 0 unspecified atom stereocenters. The minimum absolute atomic E-state index is 0. The Balaban J connectivity index is 0.00000192. The molecule has 0 amide bonds. The standard InChI is InChI=1S/C18H19NO3.H2S/c1-13-12-22-17-10-14(18(20)21-2)8-9-15(17)11-19(13)16-6-4-3-5-7-16;/h3-10,13H,11-12H2,1-2H3;1H2/t13-;/m0./s1. The van der Waals surface area contributed by atoms with Gasteiger partial charge in [0.1, 0.15) is 12.4 Å². The second kappa shape index (κ2) is 7.42. The van der Waals surface area contributed by atoms with Crippen LogP contribution in [0.4, 0.5) is 5.69 Å². The van der Waals surface area contributed by atoms with E-state index in [2.05, 4.69) is 24.0 Å². The molecule has 0 fully saturated rings. The van der Waals surface area contributed by atoms with Crippen LogP contribution in [0.1, 0.15) is 22.8 Å². The lowest BCUT2D eigenvalue weighted by molar-refractivity contribution is 0.0600. The number of fused-ring (bicyclic) bond motifs is 1. The lowest BCUT2D eigenvalue weighted by Crippen LogP contribution is -2.34. The Bertz CT molecular complexity index is 675. The van der Waals surface area contributed by atoms with Crippen molar-refractivity contribution in [1.82, 2.24) is 0 Å². The van der Waals surface area contributed by atoms with Gasteiger partial charge in [0, 0.05) is 17.8 Å². The zero-order valence-corrected chi connectivity index (χ0v) is 14.3. The van der Waals surface area contributed by atoms with Crippen molar-refractivity contribution in [3.8, 4) is 5.75 Å². The van der Waals surface area contributed by atoms with E-state index in [1.165, 1.54) is 12.8 Å². The first-order chi connectivity index (χ1) is 10.7. The molecule has 1 heterocycles. The van der Waals surface area contributed by atoms with Crippen molar-refractivity contribution in [2.45, 2.75) is 19.5 Å². The van der Waals surface area contributed by atoms with Gasteiger partial charge >= 0.3 is 5.97 Å². The second-order valence-corrected chi connectivity index (χ2v) is 5.44. The topological polar surface area (TPSA) is 38.8 Å². The van der Waals surface area contributed by atoms with Crippen LogP contribution in [0.15, 0.2) is 48.5 Å². The number of hydrogen-bond acceptors (Lipinski definition) is 4. The van der Waals surface area contributed by atoms with Crippen LogP contribution in [0.25, 0.3) is 0 Å². The van der Waals surface area contributed by atoms with Crippen LogP contribution in [0.3, 0.4) is 0 Å². The molecule has 0 saturated carbocycles. The fourth-order valence-corrected chi connectivity index (χ4v) is 2.67. The number of para-hydroxylation sites is 1. The van der Waals surface area contributed by atoms with Gasteiger partial charge in [0.25, 0.3) is 0 Å². The predicted octanol–water partition coefficient (Wildman–Crippen LogP) is 3.37. The third kappa shape index (κ3) is 3.62. The maximum Gasteiger partial charge on any atom is 0.337 e. The summed E-state index contributed by atoms with van der Waals surface area (Å²) in [5, 5.41) is 0.